The lowest BCUT2D eigenvalue weighted by molar-refractivity contribution is -0.144. The van der Waals surface area contributed by atoms with Gasteiger partial charge in [-0.15, -0.1) is 0 Å². The fraction of sp³-hybridized carbons (Fsp3) is 0.421. The third-order valence-electron chi connectivity index (χ3n) is 8.75. The van der Waals surface area contributed by atoms with E-state index in [9.17, 15) is 47.4 Å². The average Bonchev–Trinajstić information content (AvgIpc) is 3.18. The van der Waals surface area contributed by atoms with Gasteiger partial charge in [0.15, 0.2) is 23.2 Å². The number of rotatable bonds is 20. The van der Waals surface area contributed by atoms with Crippen LogP contribution in [0.1, 0.15) is 56.9 Å². The molecule has 3 rings (SSSR count). The molecule has 2 aromatic carbocycles. The van der Waals surface area contributed by atoms with Crippen molar-refractivity contribution < 1.29 is 61.7 Å². The molecule has 0 saturated heterocycles. The summed E-state index contributed by atoms with van der Waals surface area (Å²) in [5.74, 6) is -10.0. The molecule has 302 valence electrons. The number of hydrogen-bond acceptors (Lipinski definition) is 12. The molecule has 1 heterocycles. The van der Waals surface area contributed by atoms with Crippen LogP contribution < -0.4 is 26.0 Å². The number of amides is 4. The Hall–Kier alpha value is -6.04. The summed E-state index contributed by atoms with van der Waals surface area (Å²) in [6.07, 6.45) is -2.72. The van der Waals surface area contributed by atoms with Gasteiger partial charge in [0, 0.05) is 11.8 Å². The van der Waals surface area contributed by atoms with Gasteiger partial charge < -0.3 is 40.6 Å². The zero-order valence-corrected chi connectivity index (χ0v) is 31.4. The first-order valence-electron chi connectivity index (χ1n) is 17.6. The van der Waals surface area contributed by atoms with Gasteiger partial charge in [-0.3, -0.25) is 33.6 Å². The molecule has 5 N–H and O–H groups in total. The minimum atomic E-state index is -1.82. The largest absolute Gasteiger partial charge is 0.480 e. The number of methoxy groups -OCH3 is 2. The topological polar surface area (TPSA) is 228 Å². The second kappa shape index (κ2) is 21.2. The first-order chi connectivity index (χ1) is 26.6. The second-order valence-electron chi connectivity index (χ2n) is 12.8. The van der Waals surface area contributed by atoms with E-state index in [1.165, 1.54) is 6.07 Å². The highest BCUT2D eigenvalue weighted by atomic mass is 19.1. The fourth-order valence-corrected chi connectivity index (χ4v) is 5.28. The number of aliphatic hydroxyl groups is 1. The van der Waals surface area contributed by atoms with Crippen molar-refractivity contribution in [2.45, 2.75) is 76.7 Å². The van der Waals surface area contributed by atoms with Gasteiger partial charge in [0.2, 0.25) is 17.7 Å². The third kappa shape index (κ3) is 12.5. The van der Waals surface area contributed by atoms with Crippen LogP contribution in [0.4, 0.5) is 8.78 Å². The van der Waals surface area contributed by atoms with Crippen molar-refractivity contribution in [1.29, 1.82) is 0 Å². The number of esters is 2. The molecule has 1 aromatic heterocycles. The van der Waals surface area contributed by atoms with Crippen LogP contribution >= 0.6 is 0 Å². The number of ether oxygens (including phenoxy) is 3. The number of carbonyl (C=O) groups excluding carboxylic acids is 7. The summed E-state index contributed by atoms with van der Waals surface area (Å²) in [5, 5.41) is 21.0. The third-order valence-corrected chi connectivity index (χ3v) is 8.75. The van der Waals surface area contributed by atoms with Crippen LogP contribution in [-0.2, 0) is 38.2 Å². The van der Waals surface area contributed by atoms with E-state index < -0.39 is 108 Å². The Morgan fingerprint density at radius 2 is 1.38 bits per heavy atom. The number of aromatic nitrogens is 1. The number of carbonyl (C=O) groups is 7. The smallest absolute Gasteiger partial charge is 0.308 e. The molecule has 0 saturated carbocycles. The molecule has 6 unspecified atom stereocenters. The van der Waals surface area contributed by atoms with Crippen molar-refractivity contribution in [3.05, 3.63) is 71.9 Å². The summed E-state index contributed by atoms with van der Waals surface area (Å²) in [5.41, 5.74) is 0.582. The lowest BCUT2D eigenvalue weighted by atomic mass is 9.97. The molecule has 0 aliphatic heterocycles. The van der Waals surface area contributed by atoms with Gasteiger partial charge in [-0.25, -0.2) is 13.8 Å². The number of Topliss-reactive ketones (excluding diaryl/α,β-unsaturated/α-hetero) is 1. The van der Waals surface area contributed by atoms with Gasteiger partial charge in [-0.2, -0.15) is 0 Å². The monoisotopic (exact) mass is 785 g/mol. The van der Waals surface area contributed by atoms with Crippen LogP contribution in [0, 0.1) is 17.6 Å². The van der Waals surface area contributed by atoms with Crippen LogP contribution in [0.2, 0.25) is 0 Å². The van der Waals surface area contributed by atoms with Crippen molar-refractivity contribution in [1.82, 2.24) is 26.3 Å². The van der Waals surface area contributed by atoms with Gasteiger partial charge in [0.1, 0.15) is 36.5 Å². The number of aliphatic hydroxyl groups excluding tert-OH is 1. The van der Waals surface area contributed by atoms with Gasteiger partial charge in [-0.1, -0.05) is 50.6 Å². The maximum absolute atomic E-state index is 14.1. The Morgan fingerprint density at radius 3 is 2.00 bits per heavy atom. The number of para-hydroxylation sites is 2. The first-order valence-corrected chi connectivity index (χ1v) is 17.6. The molecule has 0 aliphatic carbocycles. The summed E-state index contributed by atoms with van der Waals surface area (Å²) < 4.78 is 42.4. The van der Waals surface area contributed by atoms with E-state index in [2.05, 4.69) is 35.7 Å². The predicted molar refractivity (Wildman–Crippen MR) is 195 cm³/mol. The Kier molecular flexibility index (Phi) is 16.8. The van der Waals surface area contributed by atoms with Gasteiger partial charge in [-0.05, 0) is 43.5 Å². The molecule has 4 amide bonds. The predicted octanol–water partition coefficient (Wildman–Crippen LogP) is 1.66. The molecular formula is C38H45F2N5O11. The highest BCUT2D eigenvalue weighted by molar-refractivity contribution is 6.00. The number of halogens is 2. The van der Waals surface area contributed by atoms with Crippen LogP contribution in [0.5, 0.6) is 5.75 Å². The Morgan fingerprint density at radius 1 is 0.750 bits per heavy atom. The van der Waals surface area contributed by atoms with E-state index in [0.717, 1.165) is 44.7 Å². The normalized spacial score (nSPS) is 14.1. The number of nitrogens with one attached hydrogen (secondary N) is 4. The van der Waals surface area contributed by atoms with Crippen LogP contribution in [0.3, 0.4) is 0 Å². The summed E-state index contributed by atoms with van der Waals surface area (Å²) >= 11 is 0. The number of hydrogen-bond donors (Lipinski definition) is 5. The maximum Gasteiger partial charge on any atom is 0.308 e. The Bertz CT molecular complexity index is 1890. The van der Waals surface area contributed by atoms with Crippen molar-refractivity contribution in [3.8, 4) is 5.75 Å². The quantitative estimate of drug-likeness (QED) is 0.103. The van der Waals surface area contributed by atoms with E-state index in [-0.39, 0.29) is 18.5 Å². The SMILES string of the molecule is CCC(C)C(NC(=O)c1ccc2ccccc2n1)C(=O)NC(CCC(=O)OC)C(=O)NC(C(=O)NC(CC(=O)OC)C(=O)COc1c(F)cccc1F)C(C)O. The van der Waals surface area contributed by atoms with Gasteiger partial charge in [0.05, 0.1) is 32.3 Å². The molecule has 16 nitrogen and oxygen atoms in total. The molecule has 6 atom stereocenters. The van der Waals surface area contributed by atoms with Crippen LogP contribution in [0.25, 0.3) is 10.9 Å². The zero-order chi connectivity index (χ0) is 41.5. The number of pyridine rings is 1. The minimum Gasteiger partial charge on any atom is -0.480 e. The van der Waals surface area contributed by atoms with Crippen molar-refractivity contribution >= 4 is 52.3 Å². The molecule has 0 radical (unpaired) electrons. The zero-order valence-electron chi connectivity index (χ0n) is 31.4. The molecular weight excluding hydrogens is 740 g/mol. The highest BCUT2D eigenvalue weighted by Crippen LogP contribution is 2.21. The molecule has 3 aromatic rings. The van der Waals surface area contributed by atoms with Gasteiger partial charge in [0.25, 0.3) is 5.91 Å². The lowest BCUT2D eigenvalue weighted by Crippen LogP contribution is -2.61. The summed E-state index contributed by atoms with van der Waals surface area (Å²) in [6, 6.07) is 6.89. The van der Waals surface area contributed by atoms with E-state index >= 15 is 0 Å². The Labute approximate surface area is 321 Å². The Balaban J connectivity index is 1.81. The first kappa shape index (κ1) is 44.4. The minimum absolute atomic E-state index is 0.0329. The van der Waals surface area contributed by atoms with E-state index in [4.69, 9.17) is 4.74 Å². The molecule has 0 bridgehead atoms. The molecule has 0 spiro atoms. The van der Waals surface area contributed by atoms with E-state index in [1.54, 1.807) is 32.0 Å². The van der Waals surface area contributed by atoms with Crippen molar-refractivity contribution in [3.63, 3.8) is 0 Å². The molecule has 56 heavy (non-hydrogen) atoms. The number of fused-ring (bicyclic) bond motifs is 1. The summed E-state index contributed by atoms with van der Waals surface area (Å²) in [4.78, 5) is 95.8. The van der Waals surface area contributed by atoms with Crippen molar-refractivity contribution in [2.75, 3.05) is 20.8 Å². The average molecular weight is 786 g/mol. The van der Waals surface area contributed by atoms with Gasteiger partial charge >= 0.3 is 11.9 Å². The number of ketones is 1. The lowest BCUT2D eigenvalue weighted by Gasteiger charge is -2.28. The maximum atomic E-state index is 14.1. The second-order valence-corrected chi connectivity index (χ2v) is 12.8. The van der Waals surface area contributed by atoms with E-state index in [0.29, 0.717) is 11.9 Å². The highest BCUT2D eigenvalue weighted by Gasteiger charge is 2.35. The summed E-state index contributed by atoms with van der Waals surface area (Å²) in [6.45, 7) is 3.60. The molecule has 0 aliphatic rings. The molecule has 18 heteroatoms. The fourth-order valence-electron chi connectivity index (χ4n) is 5.28. The molecule has 0 fully saturated rings. The van der Waals surface area contributed by atoms with Crippen molar-refractivity contribution in [2.24, 2.45) is 5.92 Å². The van der Waals surface area contributed by atoms with Crippen LogP contribution in [0.15, 0.2) is 54.6 Å². The van der Waals surface area contributed by atoms with E-state index in [1.807, 2.05) is 12.1 Å². The standard InChI is InChI=1S/C38H45F2N5O11/c1-6-20(2)32(44-35(50)26-15-14-22-10-7-8-13-25(22)41-26)37(52)42-27(16-17-30(48)54-4)36(51)45-33(21(3)46)38(53)43-28(18-31(49)55-5)29(47)19-56-34-23(39)11-9-12-24(34)40/h7-15,20-21,27-28,32-33,46H,6,16-19H2,1-5H3,(H,42,52)(H,43,53)(H,44,50)(H,45,51). The number of nitrogens with zero attached hydrogens (tertiary/aromatic N) is 1. The van der Waals surface area contributed by atoms with Crippen LogP contribution in [-0.4, -0.2) is 103 Å². The number of benzene rings is 2. The summed E-state index contributed by atoms with van der Waals surface area (Å²) in [7, 11) is 2.12.